The maximum atomic E-state index is 13.3. The number of benzene rings is 2. The van der Waals surface area contributed by atoms with Gasteiger partial charge in [-0.2, -0.15) is 0 Å². The van der Waals surface area contributed by atoms with Gasteiger partial charge in [0.2, 0.25) is 23.6 Å². The number of anilines is 2. The fraction of sp³-hybridized carbons (Fsp3) is 0.565. The molecule has 0 aliphatic carbocycles. The Morgan fingerprint density at radius 2 is 0.803 bits per heavy atom. The van der Waals surface area contributed by atoms with Crippen molar-refractivity contribution in [3.63, 3.8) is 0 Å². The lowest BCUT2D eigenvalue weighted by atomic mass is 10.2. The van der Waals surface area contributed by atoms with Gasteiger partial charge in [-0.05, 0) is 76.9 Å². The average Bonchev–Trinajstić information content (AvgIpc) is 3.25. The number of carbonyl (C=O) groups excluding carboxylic acids is 8. The molecule has 0 radical (unpaired) electrons. The highest BCUT2D eigenvalue weighted by Gasteiger charge is 2.32. The standard InChI is InChI=1S/C46H66N10O10/c1-45(2,3)65-41(61)47-35-13-9-33(10-14-35)29-49(7)43(63)53-25-21-51(22-26-53)39(59)31-55-19-17-38(58)56(20-18-37(55)57)32-40(60)52-23-27-54(28-24-52)44(64)50(8)30-34-11-15-36(16-12-34)48-42(62)66-46(4,5)6/h9-16H,17-32H2,1-8H3,(H,47,61)(H,48,62). The highest BCUT2D eigenvalue weighted by Crippen LogP contribution is 2.18. The molecule has 3 fully saturated rings. The number of nitrogens with one attached hydrogen (secondary N) is 2. The highest BCUT2D eigenvalue weighted by molar-refractivity contribution is 5.89. The molecule has 66 heavy (non-hydrogen) atoms. The summed E-state index contributed by atoms with van der Waals surface area (Å²) in [6.45, 7) is 13.5. The van der Waals surface area contributed by atoms with Crippen molar-refractivity contribution in [2.24, 2.45) is 0 Å². The van der Waals surface area contributed by atoms with Crippen LogP contribution in [0.1, 0.15) is 65.5 Å². The van der Waals surface area contributed by atoms with Crippen molar-refractivity contribution in [3.8, 4) is 0 Å². The normalized spacial score (nSPS) is 16.2. The van der Waals surface area contributed by atoms with Gasteiger partial charge >= 0.3 is 24.2 Å². The minimum absolute atomic E-state index is 0.0385. The second-order valence-corrected chi connectivity index (χ2v) is 18.8. The Morgan fingerprint density at radius 1 is 0.500 bits per heavy atom. The second-order valence-electron chi connectivity index (χ2n) is 18.8. The molecule has 3 aliphatic heterocycles. The maximum Gasteiger partial charge on any atom is 0.412 e. The largest absolute Gasteiger partial charge is 0.444 e. The Morgan fingerprint density at radius 3 is 1.11 bits per heavy atom. The number of piperazine rings is 2. The molecule has 0 aromatic heterocycles. The first-order chi connectivity index (χ1) is 31.0. The van der Waals surface area contributed by atoms with Crippen LogP contribution in [0.2, 0.25) is 0 Å². The van der Waals surface area contributed by atoms with E-state index in [0.717, 1.165) is 11.1 Å². The Labute approximate surface area is 387 Å². The van der Waals surface area contributed by atoms with Gasteiger partial charge in [-0.25, -0.2) is 19.2 Å². The summed E-state index contributed by atoms with van der Waals surface area (Å²) in [5.74, 6) is -1.11. The predicted molar refractivity (Wildman–Crippen MR) is 245 cm³/mol. The van der Waals surface area contributed by atoms with E-state index >= 15 is 0 Å². The van der Waals surface area contributed by atoms with Crippen molar-refractivity contribution in [3.05, 3.63) is 59.7 Å². The van der Waals surface area contributed by atoms with E-state index in [0.29, 0.717) is 76.8 Å². The van der Waals surface area contributed by atoms with E-state index in [1.165, 1.54) is 9.80 Å². The Kier molecular flexibility index (Phi) is 16.8. The summed E-state index contributed by atoms with van der Waals surface area (Å²) < 4.78 is 10.6. The number of urea groups is 2. The first-order valence-corrected chi connectivity index (χ1v) is 22.3. The van der Waals surface area contributed by atoms with Gasteiger partial charge in [0.1, 0.15) is 11.2 Å². The van der Waals surface area contributed by atoms with E-state index in [1.807, 2.05) is 24.3 Å². The molecule has 2 N–H and O–H groups in total. The lowest BCUT2D eigenvalue weighted by Crippen LogP contribution is -2.56. The van der Waals surface area contributed by atoms with E-state index in [-0.39, 0.29) is 74.7 Å². The van der Waals surface area contributed by atoms with Crippen LogP contribution in [0, 0.1) is 0 Å². The SMILES string of the molecule is CN(Cc1ccc(NC(=O)OC(C)(C)C)cc1)C(=O)N1CCN(C(=O)CN2CCC(=O)N(CC(=O)N3CCN(C(=O)N(C)Cc4ccc(NC(=O)OC(C)(C)C)cc4)CC3)CCC2=O)CC1. The van der Waals surface area contributed by atoms with Crippen LogP contribution < -0.4 is 10.6 Å². The van der Waals surface area contributed by atoms with Crippen LogP contribution in [0.3, 0.4) is 0 Å². The zero-order valence-corrected chi connectivity index (χ0v) is 39.6. The Hall–Kier alpha value is -6.60. The second kappa shape index (κ2) is 22.1. The van der Waals surface area contributed by atoms with Crippen molar-refractivity contribution < 1.29 is 47.8 Å². The van der Waals surface area contributed by atoms with Crippen LogP contribution in [0.5, 0.6) is 0 Å². The molecule has 2 aromatic carbocycles. The van der Waals surface area contributed by atoms with Crippen molar-refractivity contribution >= 4 is 59.3 Å². The zero-order valence-electron chi connectivity index (χ0n) is 39.6. The minimum Gasteiger partial charge on any atom is -0.444 e. The smallest absolute Gasteiger partial charge is 0.412 e. The van der Waals surface area contributed by atoms with Gasteiger partial charge in [-0.15, -0.1) is 0 Å². The molecule has 0 unspecified atom stereocenters. The zero-order chi connectivity index (χ0) is 48.3. The van der Waals surface area contributed by atoms with Crippen LogP contribution >= 0.6 is 0 Å². The molecule has 3 saturated heterocycles. The van der Waals surface area contributed by atoms with Crippen molar-refractivity contribution in [2.45, 2.75) is 78.7 Å². The summed E-state index contributed by atoms with van der Waals surface area (Å²) in [6.07, 6.45) is -1.19. The van der Waals surface area contributed by atoms with E-state index < -0.39 is 23.4 Å². The fourth-order valence-corrected chi connectivity index (χ4v) is 7.58. The van der Waals surface area contributed by atoms with E-state index in [1.54, 1.807) is 109 Å². The van der Waals surface area contributed by atoms with E-state index in [9.17, 15) is 38.4 Å². The quantitative estimate of drug-likeness (QED) is 0.352. The monoisotopic (exact) mass is 918 g/mol. The van der Waals surface area contributed by atoms with Crippen LogP contribution in [0.15, 0.2) is 48.5 Å². The maximum absolute atomic E-state index is 13.3. The Balaban J connectivity index is 0.989. The first kappa shape index (κ1) is 50.4. The summed E-state index contributed by atoms with van der Waals surface area (Å²) in [5, 5.41) is 5.37. The summed E-state index contributed by atoms with van der Waals surface area (Å²) in [7, 11) is 3.40. The Bertz CT molecular complexity index is 1920. The third kappa shape index (κ3) is 15.3. The number of carbonyl (C=O) groups is 8. The number of rotatable bonds is 10. The van der Waals surface area contributed by atoms with Gasteiger partial charge < -0.3 is 48.7 Å². The number of hydrogen-bond donors (Lipinski definition) is 2. The summed E-state index contributed by atoms with van der Waals surface area (Å²) in [4.78, 5) is 116. The molecule has 2 aromatic rings. The molecule has 0 atom stereocenters. The molecule has 3 heterocycles. The molecule has 360 valence electrons. The fourth-order valence-electron chi connectivity index (χ4n) is 7.58. The molecule has 0 saturated carbocycles. The number of hydrogen-bond acceptors (Lipinski definition) is 10. The molecule has 3 aliphatic rings. The van der Waals surface area contributed by atoms with Crippen LogP contribution in [-0.4, -0.2) is 191 Å². The molecule has 10 amide bonds. The summed E-state index contributed by atoms with van der Waals surface area (Å²) >= 11 is 0. The van der Waals surface area contributed by atoms with Crippen LogP contribution in [0.25, 0.3) is 0 Å². The lowest BCUT2D eigenvalue weighted by molar-refractivity contribution is -0.147. The molecule has 5 rings (SSSR count). The van der Waals surface area contributed by atoms with Crippen molar-refractivity contribution in [2.75, 3.05) is 103 Å². The minimum atomic E-state index is -0.620. The van der Waals surface area contributed by atoms with Crippen LogP contribution in [0.4, 0.5) is 30.6 Å². The van der Waals surface area contributed by atoms with Crippen molar-refractivity contribution in [1.29, 1.82) is 0 Å². The molecule has 0 spiro atoms. The van der Waals surface area contributed by atoms with E-state index in [2.05, 4.69) is 10.6 Å². The van der Waals surface area contributed by atoms with Gasteiger partial charge in [0.25, 0.3) is 0 Å². The third-order valence-electron chi connectivity index (χ3n) is 11.0. The average molecular weight is 919 g/mol. The van der Waals surface area contributed by atoms with Gasteiger partial charge in [0, 0.05) is 117 Å². The molecular weight excluding hydrogens is 853 g/mol. The highest BCUT2D eigenvalue weighted by atomic mass is 16.6. The molecular formula is C46H66N10O10. The number of amides is 10. The van der Waals surface area contributed by atoms with Crippen molar-refractivity contribution in [1.82, 2.24) is 39.2 Å². The topological polar surface area (TPSA) is 205 Å². The van der Waals surface area contributed by atoms with Gasteiger partial charge in [-0.3, -0.25) is 29.8 Å². The van der Waals surface area contributed by atoms with Gasteiger partial charge in [0.05, 0.1) is 13.1 Å². The third-order valence-corrected chi connectivity index (χ3v) is 11.0. The van der Waals surface area contributed by atoms with Gasteiger partial charge in [0.15, 0.2) is 0 Å². The number of nitrogens with zero attached hydrogens (tertiary/aromatic N) is 8. The predicted octanol–water partition coefficient (Wildman–Crippen LogP) is 3.92. The summed E-state index contributed by atoms with van der Waals surface area (Å²) in [6, 6.07) is 13.9. The van der Waals surface area contributed by atoms with E-state index in [4.69, 9.17) is 9.47 Å². The molecule has 20 nitrogen and oxygen atoms in total. The summed E-state index contributed by atoms with van der Waals surface area (Å²) in [5.41, 5.74) is 1.62. The lowest BCUT2D eigenvalue weighted by Gasteiger charge is -2.38. The molecule has 20 heteroatoms. The molecule has 0 bridgehead atoms. The first-order valence-electron chi connectivity index (χ1n) is 22.3. The van der Waals surface area contributed by atoms with Crippen LogP contribution in [-0.2, 0) is 41.7 Å². The number of ether oxygens (including phenoxy) is 2. The van der Waals surface area contributed by atoms with Gasteiger partial charge in [-0.1, -0.05) is 24.3 Å².